The Balaban J connectivity index is 2.43. The Morgan fingerprint density at radius 1 is 1.50 bits per heavy atom. The Bertz CT molecular complexity index is 441. The minimum absolute atomic E-state index is 0.476. The van der Waals surface area contributed by atoms with Crippen molar-refractivity contribution in [3.05, 3.63) is 23.2 Å². The Kier molecular flexibility index (Phi) is 2.89. The largest absolute Gasteiger partial charge is 0.494 e. The Morgan fingerprint density at radius 3 is 3.07 bits per heavy atom. The molecule has 1 aromatic carbocycles. The van der Waals surface area contributed by atoms with E-state index in [2.05, 4.69) is 4.98 Å². The number of nitrogens with zero attached hydrogens (tertiary/aromatic N) is 1. The lowest BCUT2D eigenvalue weighted by atomic mass is 10.3. The molecule has 0 aliphatic rings. The lowest BCUT2D eigenvalue weighted by Gasteiger charge is -2.00. The van der Waals surface area contributed by atoms with Gasteiger partial charge in [0, 0.05) is 0 Å². The lowest BCUT2D eigenvalue weighted by molar-refractivity contribution is 0.341. The molecule has 0 amide bonds. The van der Waals surface area contributed by atoms with Crippen molar-refractivity contribution in [1.82, 2.24) is 4.98 Å². The van der Waals surface area contributed by atoms with Crippen molar-refractivity contribution in [3.8, 4) is 5.75 Å². The predicted molar refractivity (Wildman–Crippen MR) is 60.3 cm³/mol. The molecule has 2 rings (SSSR count). The maximum absolute atomic E-state index is 5.72. The highest BCUT2D eigenvalue weighted by Gasteiger charge is 2.03. The minimum Gasteiger partial charge on any atom is -0.494 e. The van der Waals surface area contributed by atoms with Crippen molar-refractivity contribution in [2.75, 3.05) is 6.61 Å². The molecule has 0 atom stereocenters. The minimum atomic E-state index is 0.476. The van der Waals surface area contributed by atoms with Crippen molar-refractivity contribution in [2.24, 2.45) is 0 Å². The van der Waals surface area contributed by atoms with Gasteiger partial charge in [0.25, 0.3) is 0 Å². The maximum Gasteiger partial charge on any atom is 0.120 e. The summed E-state index contributed by atoms with van der Waals surface area (Å²) in [4.78, 5) is 4.36. The van der Waals surface area contributed by atoms with Gasteiger partial charge in [0.1, 0.15) is 10.8 Å². The summed E-state index contributed by atoms with van der Waals surface area (Å²) in [5, 5.41) is 0.954. The molecular formula is C10H10ClNOS. The van der Waals surface area contributed by atoms with Crippen molar-refractivity contribution in [2.45, 2.75) is 12.8 Å². The number of alkyl halides is 1. The monoisotopic (exact) mass is 227 g/mol. The number of thiazole rings is 1. The smallest absolute Gasteiger partial charge is 0.120 e. The van der Waals surface area contributed by atoms with Crippen LogP contribution >= 0.6 is 22.9 Å². The summed E-state index contributed by atoms with van der Waals surface area (Å²) in [6, 6.07) is 5.91. The van der Waals surface area contributed by atoms with Gasteiger partial charge in [-0.2, -0.15) is 0 Å². The van der Waals surface area contributed by atoms with E-state index in [1.54, 1.807) is 11.3 Å². The second-order valence-electron chi connectivity index (χ2n) is 2.80. The molecule has 0 spiro atoms. The summed E-state index contributed by atoms with van der Waals surface area (Å²) in [7, 11) is 0. The van der Waals surface area contributed by atoms with Crippen LogP contribution < -0.4 is 4.74 Å². The molecule has 0 fully saturated rings. The van der Waals surface area contributed by atoms with E-state index in [9.17, 15) is 0 Å². The molecule has 2 nitrogen and oxygen atoms in total. The highest BCUT2D eigenvalue weighted by Crippen LogP contribution is 2.27. The van der Waals surface area contributed by atoms with Crippen LogP contribution in [-0.2, 0) is 5.88 Å². The van der Waals surface area contributed by atoms with Gasteiger partial charge in [-0.1, -0.05) is 0 Å². The Labute approximate surface area is 91.5 Å². The zero-order valence-corrected chi connectivity index (χ0v) is 9.36. The fraction of sp³-hybridized carbons (Fsp3) is 0.300. The third kappa shape index (κ3) is 1.83. The van der Waals surface area contributed by atoms with Gasteiger partial charge in [0.2, 0.25) is 0 Å². The summed E-state index contributed by atoms with van der Waals surface area (Å²) in [5.41, 5.74) is 0.995. The molecule has 0 aliphatic heterocycles. The van der Waals surface area contributed by atoms with Gasteiger partial charge in [-0.3, -0.25) is 0 Å². The van der Waals surface area contributed by atoms with Crippen molar-refractivity contribution in [1.29, 1.82) is 0 Å². The summed E-state index contributed by atoms with van der Waals surface area (Å²) >= 11 is 7.33. The van der Waals surface area contributed by atoms with Crippen LogP contribution in [-0.4, -0.2) is 11.6 Å². The normalized spacial score (nSPS) is 10.7. The molecule has 0 aliphatic carbocycles. The van der Waals surface area contributed by atoms with Crippen LogP contribution in [0.3, 0.4) is 0 Å². The number of benzene rings is 1. The molecule has 1 heterocycles. The quantitative estimate of drug-likeness (QED) is 0.750. The number of hydrogen-bond acceptors (Lipinski definition) is 3. The first-order valence-electron chi connectivity index (χ1n) is 4.41. The van der Waals surface area contributed by atoms with Crippen molar-refractivity contribution < 1.29 is 4.74 Å². The molecule has 0 bridgehead atoms. The van der Waals surface area contributed by atoms with Crippen LogP contribution in [0.5, 0.6) is 5.75 Å². The second kappa shape index (κ2) is 4.15. The standard InChI is InChI=1S/C10H10ClNOS/c1-2-13-7-3-4-8-9(5-7)14-10(6-11)12-8/h3-5H,2,6H2,1H3. The Hall–Kier alpha value is -0.800. The molecule has 74 valence electrons. The van der Waals surface area contributed by atoms with Crippen LogP contribution in [0, 0.1) is 0 Å². The number of fused-ring (bicyclic) bond motifs is 1. The molecular weight excluding hydrogens is 218 g/mol. The SMILES string of the molecule is CCOc1ccc2nc(CCl)sc2c1. The second-order valence-corrected chi connectivity index (χ2v) is 4.19. The predicted octanol–water partition coefficient (Wildman–Crippen LogP) is 3.43. The van der Waals surface area contributed by atoms with Crippen LogP contribution in [0.1, 0.15) is 11.9 Å². The first kappa shape index (κ1) is 9.74. The zero-order valence-electron chi connectivity index (χ0n) is 7.79. The summed E-state index contributed by atoms with van der Waals surface area (Å²) < 4.78 is 6.53. The highest BCUT2D eigenvalue weighted by molar-refractivity contribution is 7.18. The van der Waals surface area contributed by atoms with Gasteiger partial charge in [-0.05, 0) is 25.1 Å². The first-order valence-corrected chi connectivity index (χ1v) is 5.77. The van der Waals surface area contributed by atoms with E-state index in [1.165, 1.54) is 0 Å². The van der Waals surface area contributed by atoms with Gasteiger partial charge in [0.15, 0.2) is 0 Å². The third-order valence-electron chi connectivity index (χ3n) is 1.83. The van der Waals surface area contributed by atoms with Crippen LogP contribution in [0.25, 0.3) is 10.2 Å². The zero-order chi connectivity index (χ0) is 9.97. The molecule has 0 saturated heterocycles. The van der Waals surface area contributed by atoms with Gasteiger partial charge in [-0.15, -0.1) is 22.9 Å². The van der Waals surface area contributed by atoms with Crippen LogP contribution in [0.15, 0.2) is 18.2 Å². The molecule has 14 heavy (non-hydrogen) atoms. The van der Waals surface area contributed by atoms with E-state index in [4.69, 9.17) is 16.3 Å². The Morgan fingerprint density at radius 2 is 2.36 bits per heavy atom. The van der Waals surface area contributed by atoms with Crippen molar-refractivity contribution in [3.63, 3.8) is 0 Å². The van der Waals surface area contributed by atoms with E-state index in [-0.39, 0.29) is 0 Å². The molecule has 4 heteroatoms. The maximum atomic E-state index is 5.72. The first-order chi connectivity index (χ1) is 6.83. The third-order valence-corrected chi connectivity index (χ3v) is 3.26. The fourth-order valence-electron chi connectivity index (χ4n) is 1.27. The lowest BCUT2D eigenvalue weighted by Crippen LogP contribution is -1.89. The molecule has 0 radical (unpaired) electrons. The number of ether oxygens (including phenoxy) is 1. The topological polar surface area (TPSA) is 22.1 Å². The van der Waals surface area contributed by atoms with Gasteiger partial charge in [0.05, 0.1) is 22.7 Å². The van der Waals surface area contributed by atoms with Gasteiger partial charge in [-0.25, -0.2) is 4.98 Å². The fourth-order valence-corrected chi connectivity index (χ4v) is 2.34. The highest BCUT2D eigenvalue weighted by atomic mass is 35.5. The number of rotatable bonds is 3. The van der Waals surface area contributed by atoms with E-state index >= 15 is 0 Å². The number of aromatic nitrogens is 1. The number of halogens is 1. The summed E-state index contributed by atoms with van der Waals surface area (Å²) in [6.07, 6.45) is 0. The van der Waals surface area contributed by atoms with E-state index in [0.29, 0.717) is 12.5 Å². The average molecular weight is 228 g/mol. The molecule has 2 aromatic rings. The van der Waals surface area contributed by atoms with Gasteiger partial charge < -0.3 is 4.74 Å². The average Bonchev–Trinajstić information content (AvgIpc) is 2.60. The van der Waals surface area contributed by atoms with Gasteiger partial charge >= 0.3 is 0 Å². The molecule has 1 aromatic heterocycles. The molecule has 0 N–H and O–H groups in total. The van der Waals surface area contributed by atoms with Crippen molar-refractivity contribution >= 4 is 33.2 Å². The summed E-state index contributed by atoms with van der Waals surface area (Å²) in [5.74, 6) is 1.37. The molecule has 0 unspecified atom stereocenters. The van der Waals surface area contributed by atoms with Crippen LogP contribution in [0.2, 0.25) is 0 Å². The van der Waals surface area contributed by atoms with E-state index in [1.807, 2.05) is 25.1 Å². The number of hydrogen-bond donors (Lipinski definition) is 0. The van der Waals surface area contributed by atoms with Crippen LogP contribution in [0.4, 0.5) is 0 Å². The van der Waals surface area contributed by atoms with E-state index < -0.39 is 0 Å². The molecule has 0 saturated carbocycles. The van der Waals surface area contributed by atoms with E-state index in [0.717, 1.165) is 21.0 Å². The summed E-state index contributed by atoms with van der Waals surface area (Å²) in [6.45, 7) is 2.66.